The Bertz CT molecular complexity index is 1080. The van der Waals surface area contributed by atoms with Crippen LogP contribution in [-0.2, 0) is 4.79 Å². The molecular formula is C19H13ClF3NO3. The maximum Gasteiger partial charge on any atom is 0.471 e. The minimum Gasteiger partial charge on any atom is -0.422 e. The third-order valence-corrected chi connectivity index (χ3v) is 4.31. The average molecular weight is 396 g/mol. The predicted molar refractivity (Wildman–Crippen MR) is 97.0 cm³/mol. The third kappa shape index (κ3) is 3.68. The second kappa shape index (κ2) is 7.08. The van der Waals surface area contributed by atoms with Crippen LogP contribution >= 0.6 is 11.6 Å². The summed E-state index contributed by atoms with van der Waals surface area (Å²) < 4.78 is 43.9. The molecule has 2 aromatic carbocycles. The first-order valence-corrected chi connectivity index (χ1v) is 8.31. The van der Waals surface area contributed by atoms with E-state index in [4.69, 9.17) is 16.0 Å². The molecule has 0 atom stereocenters. The Kier molecular flexibility index (Phi) is 4.97. The Morgan fingerprint density at radius 2 is 1.85 bits per heavy atom. The lowest BCUT2D eigenvalue weighted by atomic mass is 10.0. The molecule has 0 aliphatic rings. The number of benzene rings is 2. The van der Waals surface area contributed by atoms with Gasteiger partial charge in [0.25, 0.3) is 0 Å². The first-order chi connectivity index (χ1) is 12.7. The molecule has 1 amide bonds. The first-order valence-electron chi connectivity index (χ1n) is 7.94. The predicted octanol–water partition coefficient (Wildman–Crippen LogP) is 5.03. The number of carbonyl (C=O) groups is 1. The maximum absolute atomic E-state index is 12.9. The number of amides is 1. The van der Waals surface area contributed by atoms with Crippen molar-refractivity contribution in [1.29, 1.82) is 0 Å². The molecule has 0 spiro atoms. The van der Waals surface area contributed by atoms with Crippen LogP contribution in [0.2, 0.25) is 5.02 Å². The summed E-state index contributed by atoms with van der Waals surface area (Å²) in [4.78, 5) is 24.5. The summed E-state index contributed by atoms with van der Waals surface area (Å²) >= 11 is 6.02. The van der Waals surface area contributed by atoms with Crippen molar-refractivity contribution >= 4 is 34.2 Å². The van der Waals surface area contributed by atoms with Crippen molar-refractivity contribution in [2.45, 2.75) is 13.1 Å². The summed E-state index contributed by atoms with van der Waals surface area (Å²) in [5, 5.41) is 0.616. The molecule has 0 unspecified atom stereocenters. The first kappa shape index (κ1) is 19.0. The van der Waals surface area contributed by atoms with Gasteiger partial charge in [-0.1, -0.05) is 35.9 Å². The van der Waals surface area contributed by atoms with Gasteiger partial charge in [0, 0.05) is 11.9 Å². The van der Waals surface area contributed by atoms with Crippen LogP contribution in [0.15, 0.2) is 57.7 Å². The Morgan fingerprint density at radius 1 is 1.15 bits per heavy atom. The van der Waals surface area contributed by atoms with E-state index in [-0.39, 0.29) is 22.8 Å². The fourth-order valence-corrected chi connectivity index (χ4v) is 2.95. The number of anilines is 1. The molecule has 140 valence electrons. The monoisotopic (exact) mass is 395 g/mol. The van der Waals surface area contributed by atoms with E-state index < -0.39 is 17.7 Å². The summed E-state index contributed by atoms with van der Waals surface area (Å²) in [5.41, 5.74) is 0.0612. The molecule has 8 heteroatoms. The Morgan fingerprint density at radius 3 is 2.52 bits per heavy atom. The maximum atomic E-state index is 12.9. The number of halogens is 4. The van der Waals surface area contributed by atoms with Crippen molar-refractivity contribution in [3.05, 3.63) is 64.0 Å². The summed E-state index contributed by atoms with van der Waals surface area (Å²) in [5.74, 6) is -2.03. The summed E-state index contributed by atoms with van der Waals surface area (Å²) in [6, 6.07) is 12.5. The third-order valence-electron chi connectivity index (χ3n) is 3.99. The topological polar surface area (TPSA) is 50.5 Å². The van der Waals surface area contributed by atoms with Gasteiger partial charge in [-0.05, 0) is 36.8 Å². The highest BCUT2D eigenvalue weighted by molar-refractivity contribution is 6.34. The lowest BCUT2D eigenvalue weighted by Crippen LogP contribution is -2.41. The van der Waals surface area contributed by atoms with Gasteiger partial charge in [-0.25, -0.2) is 4.79 Å². The van der Waals surface area contributed by atoms with E-state index in [2.05, 4.69) is 0 Å². The Hall–Kier alpha value is -2.80. The molecule has 0 saturated heterocycles. The number of fused-ring (bicyclic) bond motifs is 1. The van der Waals surface area contributed by atoms with Crippen LogP contribution in [-0.4, -0.2) is 18.6 Å². The molecule has 27 heavy (non-hydrogen) atoms. The van der Waals surface area contributed by atoms with Gasteiger partial charge in [-0.3, -0.25) is 4.79 Å². The number of rotatable bonds is 3. The molecule has 3 rings (SSSR count). The van der Waals surface area contributed by atoms with E-state index in [9.17, 15) is 22.8 Å². The number of carbonyl (C=O) groups excluding carboxylic acids is 1. The molecule has 0 N–H and O–H groups in total. The van der Waals surface area contributed by atoms with E-state index in [0.29, 0.717) is 21.4 Å². The second-order valence-corrected chi connectivity index (χ2v) is 6.11. The number of hydrogen-bond acceptors (Lipinski definition) is 3. The van der Waals surface area contributed by atoms with Crippen molar-refractivity contribution in [3.63, 3.8) is 0 Å². The zero-order chi connectivity index (χ0) is 19.8. The van der Waals surface area contributed by atoms with Crippen LogP contribution < -0.4 is 10.5 Å². The molecule has 0 saturated carbocycles. The average Bonchev–Trinajstić information content (AvgIpc) is 2.62. The fourth-order valence-electron chi connectivity index (χ4n) is 2.73. The lowest BCUT2D eigenvalue weighted by Gasteiger charge is -2.23. The fraction of sp³-hybridized carbons (Fsp3) is 0.158. The van der Waals surface area contributed by atoms with Crippen LogP contribution in [0.3, 0.4) is 0 Å². The van der Waals surface area contributed by atoms with Crippen LogP contribution in [0.25, 0.3) is 22.1 Å². The smallest absolute Gasteiger partial charge is 0.422 e. The van der Waals surface area contributed by atoms with E-state index in [1.54, 1.807) is 30.3 Å². The number of para-hydroxylation sites is 1. The van der Waals surface area contributed by atoms with Gasteiger partial charge >= 0.3 is 17.7 Å². The van der Waals surface area contributed by atoms with Gasteiger partial charge in [-0.15, -0.1) is 0 Å². The van der Waals surface area contributed by atoms with Crippen LogP contribution in [0.4, 0.5) is 18.9 Å². The van der Waals surface area contributed by atoms with Crippen LogP contribution in [0.1, 0.15) is 6.92 Å². The SMILES string of the molecule is CCN(C(=O)C(F)(F)F)c1cc(-c2cc3ccccc3oc2=O)ccc1Cl. The highest BCUT2D eigenvalue weighted by atomic mass is 35.5. The highest BCUT2D eigenvalue weighted by Crippen LogP contribution is 2.33. The van der Waals surface area contributed by atoms with Gasteiger partial charge in [-0.2, -0.15) is 13.2 Å². The van der Waals surface area contributed by atoms with Crippen molar-refractivity contribution < 1.29 is 22.4 Å². The summed E-state index contributed by atoms with van der Waals surface area (Å²) in [6.45, 7) is 1.16. The van der Waals surface area contributed by atoms with Gasteiger partial charge in [0.05, 0.1) is 16.3 Å². The zero-order valence-corrected chi connectivity index (χ0v) is 14.8. The number of nitrogens with zero attached hydrogens (tertiary/aromatic N) is 1. The lowest BCUT2D eigenvalue weighted by molar-refractivity contribution is -0.170. The highest BCUT2D eigenvalue weighted by Gasteiger charge is 2.43. The second-order valence-electron chi connectivity index (χ2n) is 5.70. The van der Waals surface area contributed by atoms with Crippen molar-refractivity contribution in [1.82, 2.24) is 0 Å². The van der Waals surface area contributed by atoms with E-state index >= 15 is 0 Å². The molecule has 3 aromatic rings. The molecule has 1 heterocycles. The molecular weight excluding hydrogens is 383 g/mol. The van der Waals surface area contributed by atoms with Gasteiger partial charge in [0.2, 0.25) is 0 Å². The molecule has 0 radical (unpaired) electrons. The van der Waals surface area contributed by atoms with Gasteiger partial charge in [0.1, 0.15) is 5.58 Å². The zero-order valence-electron chi connectivity index (χ0n) is 14.0. The standard InChI is InChI=1S/C19H13ClF3NO3/c1-2-24(18(26)19(21,22)23)15-10-11(7-8-14(15)20)13-9-12-5-3-4-6-16(12)27-17(13)25/h3-10H,2H2,1H3. The Labute approximate surface area is 156 Å². The number of alkyl halides is 3. The summed E-state index contributed by atoms with van der Waals surface area (Å²) in [7, 11) is 0. The number of hydrogen-bond donors (Lipinski definition) is 0. The normalized spacial score (nSPS) is 11.6. The molecule has 4 nitrogen and oxygen atoms in total. The van der Waals surface area contributed by atoms with Crippen LogP contribution in [0, 0.1) is 0 Å². The quantitative estimate of drug-likeness (QED) is 0.584. The largest absolute Gasteiger partial charge is 0.471 e. The van der Waals surface area contributed by atoms with Crippen molar-refractivity contribution in [2.75, 3.05) is 11.4 Å². The van der Waals surface area contributed by atoms with Crippen molar-refractivity contribution in [3.8, 4) is 11.1 Å². The molecule has 0 bridgehead atoms. The molecule has 0 fully saturated rings. The molecule has 0 aliphatic heterocycles. The van der Waals surface area contributed by atoms with E-state index in [1.807, 2.05) is 0 Å². The molecule has 1 aromatic heterocycles. The molecule has 0 aliphatic carbocycles. The van der Waals surface area contributed by atoms with Gasteiger partial charge in [0.15, 0.2) is 0 Å². The minimum atomic E-state index is -5.04. The minimum absolute atomic E-state index is 0.0385. The van der Waals surface area contributed by atoms with Crippen LogP contribution in [0.5, 0.6) is 0 Å². The Balaban J connectivity index is 2.15. The van der Waals surface area contributed by atoms with E-state index in [1.165, 1.54) is 25.1 Å². The van der Waals surface area contributed by atoms with Gasteiger partial charge < -0.3 is 9.32 Å². The van der Waals surface area contributed by atoms with Crippen molar-refractivity contribution in [2.24, 2.45) is 0 Å². The van der Waals surface area contributed by atoms with E-state index in [0.717, 1.165) is 0 Å². The summed E-state index contributed by atoms with van der Waals surface area (Å²) in [6.07, 6.45) is -5.04.